The van der Waals surface area contributed by atoms with Gasteiger partial charge in [0.25, 0.3) is 0 Å². The molecule has 20 heavy (non-hydrogen) atoms. The molecule has 0 rings (SSSR count). The number of amides is 1. The number of alkyl carbamates (subject to hydrolysis) is 1. The average Bonchev–Trinajstić information content (AvgIpc) is 2.29. The quantitative estimate of drug-likeness (QED) is 0.530. The minimum atomic E-state index is -1.04. The second-order valence-electron chi connectivity index (χ2n) is 5.69. The maximum Gasteiger partial charge on any atom is 0.408 e. The number of hydrogen-bond donors (Lipinski definition) is 2. The lowest BCUT2D eigenvalue weighted by Gasteiger charge is -2.22. The summed E-state index contributed by atoms with van der Waals surface area (Å²) in [7, 11) is 0. The Morgan fingerprint density at radius 2 is 1.85 bits per heavy atom. The Bertz CT molecular complexity index is 352. The number of ether oxygens (including phenoxy) is 1. The minimum absolute atomic E-state index is 0.393. The molecule has 5 heteroatoms. The number of aliphatic carboxylic acids is 1. The number of rotatable bonds is 8. The van der Waals surface area contributed by atoms with Gasteiger partial charge in [-0.1, -0.05) is 19.3 Å². The molecule has 0 aromatic carbocycles. The van der Waals surface area contributed by atoms with E-state index >= 15 is 0 Å². The van der Waals surface area contributed by atoms with E-state index in [0.29, 0.717) is 6.42 Å². The molecule has 0 aromatic rings. The molecule has 0 aliphatic heterocycles. The van der Waals surface area contributed by atoms with Crippen molar-refractivity contribution in [3.63, 3.8) is 0 Å². The number of terminal acetylenes is 1. The molecule has 0 radical (unpaired) electrons. The molecule has 1 amide bonds. The first-order chi connectivity index (χ1) is 9.26. The van der Waals surface area contributed by atoms with Crippen molar-refractivity contribution < 1.29 is 19.4 Å². The molecule has 5 nitrogen and oxygen atoms in total. The van der Waals surface area contributed by atoms with Crippen molar-refractivity contribution >= 4 is 12.1 Å². The molecule has 0 fully saturated rings. The molecule has 0 spiro atoms. The van der Waals surface area contributed by atoms with Crippen molar-refractivity contribution in [1.82, 2.24) is 5.32 Å². The maximum absolute atomic E-state index is 11.5. The van der Waals surface area contributed by atoms with Gasteiger partial charge in [0.15, 0.2) is 0 Å². The van der Waals surface area contributed by atoms with Gasteiger partial charge in [-0.2, -0.15) is 0 Å². The SMILES string of the molecule is C#CCCCCCC[C@H](NC(=O)OC(C)(C)C)C(=O)O. The van der Waals surface area contributed by atoms with Crippen LogP contribution in [0.3, 0.4) is 0 Å². The van der Waals surface area contributed by atoms with Crippen molar-refractivity contribution in [2.45, 2.75) is 70.9 Å². The number of nitrogens with one attached hydrogen (secondary N) is 1. The molecule has 1 atom stereocenters. The van der Waals surface area contributed by atoms with Gasteiger partial charge in [-0.25, -0.2) is 9.59 Å². The Morgan fingerprint density at radius 3 is 2.35 bits per heavy atom. The normalized spacial score (nSPS) is 12.3. The summed E-state index contributed by atoms with van der Waals surface area (Å²) in [5, 5.41) is 11.4. The number of hydrogen-bond acceptors (Lipinski definition) is 3. The first-order valence-corrected chi connectivity index (χ1v) is 6.92. The van der Waals surface area contributed by atoms with Gasteiger partial charge in [-0.05, 0) is 33.6 Å². The molecule has 0 aliphatic carbocycles. The van der Waals surface area contributed by atoms with Crippen molar-refractivity contribution in [2.75, 3.05) is 0 Å². The number of unbranched alkanes of at least 4 members (excludes halogenated alkanes) is 4. The highest BCUT2D eigenvalue weighted by molar-refractivity contribution is 5.79. The first-order valence-electron chi connectivity index (χ1n) is 6.92. The van der Waals surface area contributed by atoms with E-state index in [0.717, 1.165) is 32.1 Å². The van der Waals surface area contributed by atoms with Crippen molar-refractivity contribution in [3.8, 4) is 12.3 Å². The Morgan fingerprint density at radius 1 is 1.25 bits per heavy atom. The van der Waals surface area contributed by atoms with E-state index in [1.165, 1.54) is 0 Å². The zero-order valence-electron chi connectivity index (χ0n) is 12.6. The van der Waals surface area contributed by atoms with Crippen LogP contribution < -0.4 is 5.32 Å². The van der Waals surface area contributed by atoms with Crippen LogP contribution in [-0.4, -0.2) is 28.8 Å². The summed E-state index contributed by atoms with van der Waals surface area (Å²) in [6.45, 7) is 5.19. The van der Waals surface area contributed by atoms with Crippen LogP contribution in [0.2, 0.25) is 0 Å². The average molecular weight is 283 g/mol. The molecule has 0 saturated heterocycles. The summed E-state index contributed by atoms with van der Waals surface area (Å²) in [4.78, 5) is 22.6. The van der Waals surface area contributed by atoms with Gasteiger partial charge in [-0.3, -0.25) is 0 Å². The van der Waals surface area contributed by atoms with Gasteiger partial charge in [-0.15, -0.1) is 12.3 Å². The topological polar surface area (TPSA) is 75.6 Å². The lowest BCUT2D eigenvalue weighted by Crippen LogP contribution is -2.43. The largest absolute Gasteiger partial charge is 0.480 e. The monoisotopic (exact) mass is 283 g/mol. The van der Waals surface area contributed by atoms with Crippen molar-refractivity contribution in [1.29, 1.82) is 0 Å². The third-order valence-electron chi connectivity index (χ3n) is 2.55. The van der Waals surface area contributed by atoms with Crippen LogP contribution in [0.5, 0.6) is 0 Å². The fourth-order valence-electron chi connectivity index (χ4n) is 1.64. The second kappa shape index (κ2) is 9.24. The number of carboxylic acids is 1. The lowest BCUT2D eigenvalue weighted by molar-refractivity contribution is -0.139. The predicted octanol–water partition coefficient (Wildman–Crippen LogP) is 2.94. The summed E-state index contributed by atoms with van der Waals surface area (Å²) in [6, 6.07) is -0.905. The molecule has 2 N–H and O–H groups in total. The zero-order chi connectivity index (χ0) is 15.6. The van der Waals surface area contributed by atoms with Gasteiger partial charge in [0.05, 0.1) is 0 Å². The highest BCUT2D eigenvalue weighted by Crippen LogP contribution is 2.10. The number of carbonyl (C=O) groups excluding carboxylic acids is 1. The third kappa shape index (κ3) is 10.2. The standard InChI is InChI=1S/C15H25NO4/c1-5-6-7-8-9-10-11-12(13(17)18)16-14(19)20-15(2,3)4/h1,12H,6-11H2,2-4H3,(H,16,19)(H,17,18)/t12-/m0/s1. The molecular formula is C15H25NO4. The van der Waals surface area contributed by atoms with Crippen LogP contribution >= 0.6 is 0 Å². The van der Waals surface area contributed by atoms with Gasteiger partial charge >= 0.3 is 12.1 Å². The van der Waals surface area contributed by atoms with Gasteiger partial charge in [0.2, 0.25) is 0 Å². The van der Waals surface area contributed by atoms with Gasteiger partial charge in [0, 0.05) is 6.42 Å². The van der Waals surface area contributed by atoms with Crippen LogP contribution in [0.25, 0.3) is 0 Å². The molecule has 0 aromatic heterocycles. The minimum Gasteiger partial charge on any atom is -0.480 e. The maximum atomic E-state index is 11.5. The van der Waals surface area contributed by atoms with Crippen molar-refractivity contribution in [3.05, 3.63) is 0 Å². The van der Waals surface area contributed by atoms with Gasteiger partial charge in [0.1, 0.15) is 11.6 Å². The number of carbonyl (C=O) groups is 2. The Balaban J connectivity index is 4.03. The van der Waals surface area contributed by atoms with E-state index in [2.05, 4.69) is 11.2 Å². The second-order valence-corrected chi connectivity index (χ2v) is 5.69. The fraction of sp³-hybridized carbons (Fsp3) is 0.733. The fourth-order valence-corrected chi connectivity index (χ4v) is 1.64. The third-order valence-corrected chi connectivity index (χ3v) is 2.55. The van der Waals surface area contributed by atoms with Crippen LogP contribution in [0, 0.1) is 12.3 Å². The van der Waals surface area contributed by atoms with E-state index in [1.54, 1.807) is 20.8 Å². The molecular weight excluding hydrogens is 258 g/mol. The summed E-state index contributed by atoms with van der Waals surface area (Å²) in [5.41, 5.74) is -0.637. The highest BCUT2D eigenvalue weighted by atomic mass is 16.6. The van der Waals surface area contributed by atoms with Crippen LogP contribution in [0.15, 0.2) is 0 Å². The molecule has 114 valence electrons. The molecule has 0 bridgehead atoms. The van der Waals surface area contributed by atoms with E-state index in [1.807, 2.05) is 0 Å². The Kier molecular flexibility index (Phi) is 8.46. The smallest absolute Gasteiger partial charge is 0.408 e. The summed E-state index contributed by atoms with van der Waals surface area (Å²) >= 11 is 0. The summed E-state index contributed by atoms with van der Waals surface area (Å²) < 4.78 is 5.04. The van der Waals surface area contributed by atoms with Crippen LogP contribution in [0.1, 0.15) is 59.3 Å². The number of carboxylic acid groups (broad SMARTS) is 1. The predicted molar refractivity (Wildman–Crippen MR) is 77.3 cm³/mol. The summed E-state index contributed by atoms with van der Waals surface area (Å²) in [5.74, 6) is 1.52. The van der Waals surface area contributed by atoms with E-state index in [4.69, 9.17) is 16.3 Å². The molecule has 0 unspecified atom stereocenters. The van der Waals surface area contributed by atoms with Crippen LogP contribution in [-0.2, 0) is 9.53 Å². The Hall–Kier alpha value is -1.70. The zero-order valence-corrected chi connectivity index (χ0v) is 12.6. The van der Waals surface area contributed by atoms with Gasteiger partial charge < -0.3 is 15.2 Å². The lowest BCUT2D eigenvalue weighted by atomic mass is 10.1. The highest BCUT2D eigenvalue weighted by Gasteiger charge is 2.23. The Labute approximate surface area is 121 Å². The van der Waals surface area contributed by atoms with E-state index in [-0.39, 0.29) is 0 Å². The molecule has 0 aliphatic rings. The molecule has 0 saturated carbocycles. The van der Waals surface area contributed by atoms with E-state index in [9.17, 15) is 9.59 Å². The summed E-state index contributed by atoms with van der Waals surface area (Å²) in [6.07, 6.45) is 9.16. The van der Waals surface area contributed by atoms with Crippen LogP contribution in [0.4, 0.5) is 4.79 Å². The van der Waals surface area contributed by atoms with Crippen molar-refractivity contribution in [2.24, 2.45) is 0 Å². The first kappa shape index (κ1) is 18.3. The van der Waals surface area contributed by atoms with E-state index < -0.39 is 23.7 Å². The molecule has 0 heterocycles.